The van der Waals surface area contributed by atoms with Gasteiger partial charge in [0.15, 0.2) is 0 Å². The van der Waals surface area contributed by atoms with Crippen molar-refractivity contribution in [2.24, 2.45) is 10.3 Å². The predicted molar refractivity (Wildman–Crippen MR) is 212 cm³/mol. The molecule has 4 rings (SSSR count). The van der Waals surface area contributed by atoms with Crippen LogP contribution in [-0.2, 0) is 0 Å². The molecular weight excluding hydrogens is 661 g/mol. The molecular formula is C42H62FN3O6. The number of unbranched alkanes of at least 4 members (excludes halogenated alkanes) is 4. The van der Waals surface area contributed by atoms with Crippen molar-refractivity contribution in [3.8, 4) is 23.0 Å². The molecule has 10 heteroatoms. The minimum atomic E-state index is 0. The van der Waals surface area contributed by atoms with Crippen LogP contribution in [0.25, 0.3) is 21.5 Å². The van der Waals surface area contributed by atoms with Crippen molar-refractivity contribution < 1.29 is 38.5 Å². The van der Waals surface area contributed by atoms with E-state index in [0.717, 1.165) is 44.2 Å². The van der Waals surface area contributed by atoms with Gasteiger partial charge in [-0.15, -0.1) is 0 Å². The highest BCUT2D eigenvalue weighted by molar-refractivity contribution is 6.03. The molecule has 0 saturated heterocycles. The van der Waals surface area contributed by atoms with Gasteiger partial charge in [-0.2, -0.15) is 0 Å². The lowest BCUT2D eigenvalue weighted by molar-refractivity contribution is -0.929. The first-order valence-corrected chi connectivity index (χ1v) is 18.3. The molecule has 52 heavy (non-hydrogen) atoms. The second kappa shape index (κ2) is 25.4. The van der Waals surface area contributed by atoms with E-state index in [1.54, 1.807) is 28.4 Å². The van der Waals surface area contributed by atoms with Crippen LogP contribution in [0.15, 0.2) is 71.0 Å². The number of hydrogen-bond donors (Lipinski definition) is 2. The summed E-state index contributed by atoms with van der Waals surface area (Å²) in [5, 5.41) is 27.4. The zero-order chi connectivity index (χ0) is 37.5. The maximum Gasteiger partial charge on any atom is 0.128 e. The molecule has 0 saturated carbocycles. The number of oxime groups is 2. The van der Waals surface area contributed by atoms with Gasteiger partial charge >= 0.3 is 0 Å². The van der Waals surface area contributed by atoms with Gasteiger partial charge < -0.3 is 38.5 Å². The lowest BCUT2D eigenvalue weighted by Crippen LogP contribution is -3.00. The van der Waals surface area contributed by atoms with Gasteiger partial charge in [0, 0.05) is 11.1 Å². The summed E-state index contributed by atoms with van der Waals surface area (Å²) in [4.78, 5) is 0. The highest BCUT2D eigenvalue weighted by Crippen LogP contribution is 2.30. The van der Waals surface area contributed by atoms with Gasteiger partial charge in [-0.25, -0.2) is 0 Å². The van der Waals surface area contributed by atoms with Crippen LogP contribution in [0.4, 0.5) is 0 Å². The summed E-state index contributed by atoms with van der Waals surface area (Å²) in [7, 11) is 6.42. The maximum atomic E-state index is 8.69. The number of halogens is 1. The van der Waals surface area contributed by atoms with Crippen molar-refractivity contribution in [1.29, 1.82) is 0 Å². The Morgan fingerprint density at radius 3 is 1.13 bits per heavy atom. The summed E-state index contributed by atoms with van der Waals surface area (Å²) >= 11 is 0. The topological polar surface area (TPSA) is 102 Å². The van der Waals surface area contributed by atoms with Crippen molar-refractivity contribution >= 4 is 34.0 Å². The summed E-state index contributed by atoms with van der Waals surface area (Å²) < 4.78 is 22.2. The first-order valence-electron chi connectivity index (χ1n) is 18.3. The van der Waals surface area contributed by atoms with Gasteiger partial charge in [-0.05, 0) is 95.8 Å². The first kappa shape index (κ1) is 45.5. The largest absolute Gasteiger partial charge is 1.00 e. The van der Waals surface area contributed by atoms with E-state index in [-0.39, 0.29) is 4.70 Å². The Balaban J connectivity index is 0.000000386. The van der Waals surface area contributed by atoms with Crippen LogP contribution < -0.4 is 23.7 Å². The Morgan fingerprint density at radius 1 is 0.519 bits per heavy atom. The second-order valence-electron chi connectivity index (χ2n) is 12.7. The molecule has 0 heterocycles. The molecule has 0 aliphatic carbocycles. The van der Waals surface area contributed by atoms with E-state index in [9.17, 15) is 0 Å². The number of fused-ring (bicyclic) bond motifs is 2. The van der Waals surface area contributed by atoms with Gasteiger partial charge in [-0.1, -0.05) is 75.8 Å². The predicted octanol–water partition coefficient (Wildman–Crippen LogP) is 7.34. The minimum Gasteiger partial charge on any atom is -1.00 e. The third-order valence-corrected chi connectivity index (χ3v) is 9.21. The zero-order valence-electron chi connectivity index (χ0n) is 32.7. The molecule has 0 unspecified atom stereocenters. The van der Waals surface area contributed by atoms with Crippen molar-refractivity contribution in [2.75, 3.05) is 54.6 Å². The maximum absolute atomic E-state index is 8.69. The highest BCUT2D eigenvalue weighted by atomic mass is 19.0. The van der Waals surface area contributed by atoms with Crippen LogP contribution in [0, 0.1) is 0 Å². The Labute approximate surface area is 310 Å². The van der Waals surface area contributed by atoms with E-state index in [4.69, 9.17) is 29.4 Å². The Morgan fingerprint density at radius 2 is 0.865 bits per heavy atom. The molecule has 4 aromatic rings. The van der Waals surface area contributed by atoms with E-state index in [1.807, 2.05) is 60.7 Å². The van der Waals surface area contributed by atoms with Gasteiger partial charge in [0.1, 0.15) is 23.0 Å². The van der Waals surface area contributed by atoms with Crippen LogP contribution in [-0.4, -0.2) is 81.9 Å². The number of methoxy groups -OCH3 is 4. The van der Waals surface area contributed by atoms with Gasteiger partial charge in [-0.3, -0.25) is 0 Å². The number of benzene rings is 4. The molecule has 0 radical (unpaired) electrons. The first-order chi connectivity index (χ1) is 24.8. The van der Waals surface area contributed by atoms with Gasteiger partial charge in [0.2, 0.25) is 0 Å². The van der Waals surface area contributed by atoms with E-state index in [0.29, 0.717) is 11.5 Å². The Bertz CT molecular complexity index is 1500. The van der Waals surface area contributed by atoms with Crippen molar-refractivity contribution in [2.45, 2.75) is 79.1 Å². The molecule has 0 bridgehead atoms. The highest BCUT2D eigenvalue weighted by Gasteiger charge is 2.24. The molecule has 0 atom stereocenters. The van der Waals surface area contributed by atoms with Crippen molar-refractivity contribution in [3.05, 3.63) is 71.8 Å². The number of hydrogen-bond acceptors (Lipinski definition) is 8. The van der Waals surface area contributed by atoms with Gasteiger partial charge in [0.25, 0.3) is 0 Å². The molecule has 9 nitrogen and oxygen atoms in total. The number of nitrogens with zero attached hydrogens (tertiary/aromatic N) is 3. The van der Waals surface area contributed by atoms with Crippen LogP contribution >= 0.6 is 0 Å². The molecule has 2 N–H and O–H groups in total. The fraction of sp³-hybridized carbons (Fsp3) is 0.476. The second-order valence-corrected chi connectivity index (χ2v) is 12.7. The Kier molecular flexibility index (Phi) is 22.2. The number of ether oxygens (including phenoxy) is 4. The molecule has 0 aromatic heterocycles. The molecule has 0 fully saturated rings. The summed E-state index contributed by atoms with van der Waals surface area (Å²) in [5.41, 5.74) is 1.49. The number of quaternary nitrogens is 1. The minimum absolute atomic E-state index is 0. The van der Waals surface area contributed by atoms with E-state index in [1.165, 1.54) is 94.5 Å². The fourth-order valence-corrected chi connectivity index (χ4v) is 6.26. The van der Waals surface area contributed by atoms with E-state index in [2.05, 4.69) is 38.0 Å². The number of rotatable bonds is 18. The average Bonchev–Trinajstić information content (AvgIpc) is 3.17. The lowest BCUT2D eigenvalue weighted by Gasteiger charge is -2.39. The third kappa shape index (κ3) is 13.5. The Hall–Kier alpha value is -4.57. The van der Waals surface area contributed by atoms with E-state index < -0.39 is 0 Å². The van der Waals surface area contributed by atoms with Crippen LogP contribution in [0.2, 0.25) is 0 Å². The lowest BCUT2D eigenvalue weighted by atomic mass is 10.0. The zero-order valence-corrected chi connectivity index (χ0v) is 32.7. The normalized spacial score (nSPS) is 11.1. The monoisotopic (exact) mass is 723 g/mol. The molecule has 0 amide bonds. The molecule has 4 aromatic carbocycles. The van der Waals surface area contributed by atoms with Gasteiger partial charge in [0.05, 0.1) is 67.0 Å². The summed E-state index contributed by atoms with van der Waals surface area (Å²) in [6, 6.07) is 18.9. The third-order valence-electron chi connectivity index (χ3n) is 9.21. The standard InChI is InChI=1S/C16H36N.2C13H13NO3.FH/c1-5-9-13-17(14-10-6-2,15-11-7-3)16-12-8-4;2*1-16-10-4-5-11-9(7-10)3-6-13(17-2)12(11)8-14-15;/h5-16H2,1-4H3;2*3-8,15H,1-2H3;1H/q+1;;;/p-1/b;2*14-8+;. The fourth-order valence-electron chi connectivity index (χ4n) is 6.26. The quantitative estimate of drug-likeness (QED) is 0.0483. The molecule has 0 spiro atoms. The molecule has 0 aliphatic rings. The SMILES string of the molecule is CCCC[N+](CCCC)(CCCC)CCCC.COc1ccc2c(/C=N/O)c(OC)ccc2c1.COc1ccc2c(/C=N/O)c(OC)ccc2c1.[F-]. The van der Waals surface area contributed by atoms with E-state index >= 15 is 0 Å². The van der Waals surface area contributed by atoms with Crippen LogP contribution in [0.1, 0.15) is 90.2 Å². The summed E-state index contributed by atoms with van der Waals surface area (Å²) in [5.74, 6) is 2.91. The van der Waals surface area contributed by atoms with Crippen LogP contribution in [0.5, 0.6) is 23.0 Å². The summed E-state index contributed by atoms with van der Waals surface area (Å²) in [6.45, 7) is 15.0. The van der Waals surface area contributed by atoms with Crippen molar-refractivity contribution in [3.63, 3.8) is 0 Å². The average molecular weight is 724 g/mol. The van der Waals surface area contributed by atoms with Crippen molar-refractivity contribution in [1.82, 2.24) is 0 Å². The molecule has 288 valence electrons. The van der Waals surface area contributed by atoms with Crippen LogP contribution in [0.3, 0.4) is 0 Å². The summed E-state index contributed by atoms with van der Waals surface area (Å²) in [6.07, 6.45) is 13.8. The smallest absolute Gasteiger partial charge is 0.128 e. The molecule has 0 aliphatic heterocycles.